The van der Waals surface area contributed by atoms with Crippen molar-refractivity contribution in [1.82, 2.24) is 0 Å². The van der Waals surface area contributed by atoms with Crippen LogP contribution in [0.1, 0.15) is 23.6 Å². The second kappa shape index (κ2) is 7.76. The molecule has 0 saturated carbocycles. The third kappa shape index (κ3) is 3.57. The molecule has 29 heavy (non-hydrogen) atoms. The van der Waals surface area contributed by atoms with Crippen LogP contribution in [0.2, 0.25) is 0 Å². The lowest BCUT2D eigenvalue weighted by Gasteiger charge is -2.15. The minimum atomic E-state index is -0.351. The number of anilines is 2. The number of rotatable bonds is 5. The number of hydrogen-bond acceptors (Lipinski definition) is 3. The first-order valence-electron chi connectivity index (χ1n) is 9.69. The molecule has 144 valence electrons. The number of carbonyl (C=O) groups excluding carboxylic acids is 2. The normalized spacial score (nSPS) is 13.9. The van der Waals surface area contributed by atoms with Crippen LogP contribution in [0.4, 0.5) is 11.4 Å². The van der Waals surface area contributed by atoms with Gasteiger partial charge in [0.05, 0.1) is 11.3 Å². The van der Waals surface area contributed by atoms with Gasteiger partial charge in [-0.25, -0.2) is 4.90 Å². The van der Waals surface area contributed by atoms with Crippen LogP contribution in [-0.4, -0.2) is 11.8 Å². The van der Waals surface area contributed by atoms with Crippen molar-refractivity contribution < 1.29 is 9.59 Å². The van der Waals surface area contributed by atoms with E-state index < -0.39 is 0 Å². The van der Waals surface area contributed by atoms with Crippen molar-refractivity contribution in [1.29, 1.82) is 0 Å². The third-order valence-corrected chi connectivity index (χ3v) is 5.07. The lowest BCUT2D eigenvalue weighted by Crippen LogP contribution is -2.32. The van der Waals surface area contributed by atoms with Gasteiger partial charge in [0, 0.05) is 5.69 Å². The van der Waals surface area contributed by atoms with Gasteiger partial charge in [-0.2, -0.15) is 0 Å². The lowest BCUT2D eigenvalue weighted by molar-refractivity contribution is -0.120. The van der Waals surface area contributed by atoms with Crippen LogP contribution in [0, 0.1) is 6.92 Å². The molecule has 3 aromatic carbocycles. The summed E-state index contributed by atoms with van der Waals surface area (Å²) < 4.78 is 0. The fourth-order valence-corrected chi connectivity index (χ4v) is 3.41. The van der Waals surface area contributed by atoms with Crippen LogP contribution in [0.25, 0.3) is 5.57 Å². The van der Waals surface area contributed by atoms with E-state index in [-0.39, 0.29) is 11.8 Å². The second-order valence-corrected chi connectivity index (χ2v) is 7.07. The maximum absolute atomic E-state index is 13.3. The lowest BCUT2D eigenvalue weighted by atomic mass is 10.0. The van der Waals surface area contributed by atoms with Crippen molar-refractivity contribution in [2.45, 2.75) is 20.3 Å². The summed E-state index contributed by atoms with van der Waals surface area (Å²) in [4.78, 5) is 27.8. The molecule has 1 aliphatic rings. The fourth-order valence-electron chi connectivity index (χ4n) is 3.41. The van der Waals surface area contributed by atoms with E-state index >= 15 is 0 Å². The molecule has 0 aromatic heterocycles. The average molecular weight is 382 g/mol. The Balaban J connectivity index is 1.79. The van der Waals surface area contributed by atoms with Gasteiger partial charge in [0.1, 0.15) is 5.70 Å². The number of imide groups is 1. The van der Waals surface area contributed by atoms with Crippen LogP contribution < -0.4 is 10.2 Å². The molecule has 0 fully saturated rings. The Hall–Kier alpha value is -3.66. The van der Waals surface area contributed by atoms with Gasteiger partial charge in [0.25, 0.3) is 11.8 Å². The molecule has 0 unspecified atom stereocenters. The molecule has 1 heterocycles. The number of aryl methyl sites for hydroxylation is 2. The molecule has 4 heteroatoms. The molecule has 0 spiro atoms. The Labute approximate surface area is 170 Å². The summed E-state index contributed by atoms with van der Waals surface area (Å²) in [6, 6.07) is 24.6. The van der Waals surface area contributed by atoms with Crippen LogP contribution in [0.5, 0.6) is 0 Å². The van der Waals surface area contributed by atoms with Crippen LogP contribution in [0.3, 0.4) is 0 Å². The summed E-state index contributed by atoms with van der Waals surface area (Å²) in [5.41, 5.74) is 5.05. The average Bonchev–Trinajstić information content (AvgIpc) is 2.99. The van der Waals surface area contributed by atoms with Crippen LogP contribution >= 0.6 is 0 Å². The molecule has 3 aromatic rings. The van der Waals surface area contributed by atoms with Crippen molar-refractivity contribution in [3.63, 3.8) is 0 Å². The molecule has 1 N–H and O–H groups in total. The summed E-state index contributed by atoms with van der Waals surface area (Å²) >= 11 is 0. The maximum Gasteiger partial charge on any atom is 0.282 e. The molecule has 2 amide bonds. The summed E-state index contributed by atoms with van der Waals surface area (Å²) in [6.45, 7) is 4.09. The van der Waals surface area contributed by atoms with Gasteiger partial charge in [0.2, 0.25) is 0 Å². The van der Waals surface area contributed by atoms with Gasteiger partial charge in [0.15, 0.2) is 0 Å². The van der Waals surface area contributed by atoms with Crippen LogP contribution in [0.15, 0.2) is 84.6 Å². The second-order valence-electron chi connectivity index (χ2n) is 7.07. The Morgan fingerprint density at radius 2 is 1.45 bits per heavy atom. The van der Waals surface area contributed by atoms with Crippen molar-refractivity contribution in [3.8, 4) is 0 Å². The highest BCUT2D eigenvalue weighted by molar-refractivity contribution is 6.46. The van der Waals surface area contributed by atoms with E-state index in [0.29, 0.717) is 17.0 Å². The van der Waals surface area contributed by atoms with Crippen LogP contribution in [-0.2, 0) is 16.0 Å². The molecule has 4 rings (SSSR count). The van der Waals surface area contributed by atoms with Crippen molar-refractivity contribution in [2.75, 3.05) is 10.2 Å². The number of carbonyl (C=O) groups is 2. The zero-order valence-corrected chi connectivity index (χ0v) is 16.5. The highest BCUT2D eigenvalue weighted by atomic mass is 16.2. The first-order valence-corrected chi connectivity index (χ1v) is 9.69. The van der Waals surface area contributed by atoms with Gasteiger partial charge in [-0.1, -0.05) is 67.1 Å². The largest absolute Gasteiger partial charge is 0.350 e. The first kappa shape index (κ1) is 18.7. The zero-order valence-electron chi connectivity index (χ0n) is 16.5. The number of hydrogen-bond donors (Lipinski definition) is 1. The van der Waals surface area contributed by atoms with E-state index in [0.717, 1.165) is 23.2 Å². The first-order chi connectivity index (χ1) is 14.1. The predicted octanol–water partition coefficient (Wildman–Crippen LogP) is 4.95. The molecule has 0 bridgehead atoms. The van der Waals surface area contributed by atoms with E-state index in [1.165, 1.54) is 10.5 Å². The van der Waals surface area contributed by atoms with Gasteiger partial charge >= 0.3 is 0 Å². The van der Waals surface area contributed by atoms with Gasteiger partial charge in [-0.15, -0.1) is 0 Å². The van der Waals surface area contributed by atoms with Crippen molar-refractivity contribution in [2.24, 2.45) is 0 Å². The minimum Gasteiger partial charge on any atom is -0.350 e. The minimum absolute atomic E-state index is 0.298. The predicted molar refractivity (Wildman–Crippen MR) is 116 cm³/mol. The molecule has 0 atom stereocenters. The number of nitrogens with one attached hydrogen (secondary N) is 1. The molecule has 0 aliphatic carbocycles. The number of nitrogens with zero attached hydrogens (tertiary/aromatic N) is 1. The summed E-state index contributed by atoms with van der Waals surface area (Å²) in [7, 11) is 0. The molecule has 1 aliphatic heterocycles. The zero-order chi connectivity index (χ0) is 20.4. The highest BCUT2D eigenvalue weighted by Crippen LogP contribution is 2.33. The smallest absolute Gasteiger partial charge is 0.282 e. The summed E-state index contributed by atoms with van der Waals surface area (Å²) in [5, 5.41) is 3.20. The van der Waals surface area contributed by atoms with E-state index in [1.807, 2.05) is 73.7 Å². The molecule has 0 saturated heterocycles. The van der Waals surface area contributed by atoms with Crippen molar-refractivity contribution >= 4 is 28.8 Å². The number of para-hydroxylation sites is 1. The monoisotopic (exact) mass is 382 g/mol. The Kier molecular flexibility index (Phi) is 5.00. The number of amides is 2. The van der Waals surface area contributed by atoms with E-state index in [2.05, 4.69) is 12.2 Å². The molecule has 4 nitrogen and oxygen atoms in total. The number of benzene rings is 3. The van der Waals surface area contributed by atoms with Gasteiger partial charge in [-0.05, 0) is 48.7 Å². The topological polar surface area (TPSA) is 49.4 Å². The van der Waals surface area contributed by atoms with E-state index in [9.17, 15) is 9.59 Å². The van der Waals surface area contributed by atoms with Crippen molar-refractivity contribution in [3.05, 3.63) is 101 Å². The third-order valence-electron chi connectivity index (χ3n) is 5.07. The fraction of sp³-hybridized carbons (Fsp3) is 0.120. The maximum atomic E-state index is 13.3. The molecular weight excluding hydrogens is 360 g/mol. The van der Waals surface area contributed by atoms with E-state index in [1.54, 1.807) is 12.1 Å². The molecule has 0 radical (unpaired) electrons. The Bertz CT molecular complexity index is 1080. The molecular formula is C25H22N2O2. The Morgan fingerprint density at radius 1 is 0.793 bits per heavy atom. The van der Waals surface area contributed by atoms with Gasteiger partial charge < -0.3 is 5.32 Å². The highest BCUT2D eigenvalue weighted by Gasteiger charge is 2.40. The van der Waals surface area contributed by atoms with Gasteiger partial charge in [-0.3, -0.25) is 9.59 Å². The quantitative estimate of drug-likeness (QED) is 0.635. The standard InChI is InChI=1S/C25H22N2O2/c1-3-18-11-15-20(16-12-18)26-23-22(19-13-9-17(2)10-14-19)24(28)27(25(23)29)21-7-5-4-6-8-21/h4-16,26H,3H2,1-2H3. The van der Waals surface area contributed by atoms with E-state index in [4.69, 9.17) is 0 Å². The summed E-state index contributed by atoms with van der Waals surface area (Å²) in [6.07, 6.45) is 0.941. The summed E-state index contributed by atoms with van der Waals surface area (Å²) in [5.74, 6) is -0.672. The Morgan fingerprint density at radius 3 is 2.07 bits per heavy atom. The SMILES string of the molecule is CCc1ccc(NC2=C(c3ccc(C)cc3)C(=O)N(c3ccccc3)C2=O)cc1.